The average Bonchev–Trinajstić information content (AvgIpc) is 2.77. The second kappa shape index (κ2) is 6.13. The van der Waals surface area contributed by atoms with Crippen LogP contribution in [0.25, 0.3) is 0 Å². The van der Waals surface area contributed by atoms with Crippen LogP contribution < -0.4 is 11.3 Å². The predicted molar refractivity (Wildman–Crippen MR) is 75.4 cm³/mol. The summed E-state index contributed by atoms with van der Waals surface area (Å²) in [5.41, 5.74) is 3.61. The van der Waals surface area contributed by atoms with Crippen LogP contribution in [0.5, 0.6) is 0 Å². The molecule has 18 heavy (non-hydrogen) atoms. The van der Waals surface area contributed by atoms with Crippen LogP contribution in [0.3, 0.4) is 0 Å². The fourth-order valence-electron chi connectivity index (χ4n) is 2.91. The molecule has 2 nitrogen and oxygen atoms in total. The third-order valence-corrected chi connectivity index (χ3v) is 4.46. The maximum atomic E-state index is 13.7. The standard InChI is InChI=1S/C14H20BrFN2/c1-9-2-3-10(6-9)14(18-17)8-11-7-12(15)4-5-13(11)16/h4-5,7,9-10,14,18H,2-3,6,8,17H2,1H3. The molecule has 0 spiro atoms. The van der Waals surface area contributed by atoms with Crippen molar-refractivity contribution in [2.45, 2.75) is 38.6 Å². The second-order valence-corrected chi connectivity index (χ2v) is 6.31. The van der Waals surface area contributed by atoms with Gasteiger partial charge in [-0.25, -0.2) is 4.39 Å². The molecule has 1 saturated carbocycles. The van der Waals surface area contributed by atoms with Gasteiger partial charge in [0.15, 0.2) is 0 Å². The van der Waals surface area contributed by atoms with E-state index in [1.54, 1.807) is 6.07 Å². The Morgan fingerprint density at radius 2 is 2.28 bits per heavy atom. The minimum absolute atomic E-state index is 0.149. The van der Waals surface area contributed by atoms with Crippen molar-refractivity contribution in [3.05, 3.63) is 34.1 Å². The van der Waals surface area contributed by atoms with Gasteiger partial charge in [-0.05, 0) is 54.9 Å². The normalized spacial score (nSPS) is 25.3. The van der Waals surface area contributed by atoms with E-state index in [1.165, 1.54) is 25.3 Å². The van der Waals surface area contributed by atoms with Crippen LogP contribution in [0, 0.1) is 17.7 Å². The molecule has 1 aromatic carbocycles. The van der Waals surface area contributed by atoms with Crippen LogP contribution in [-0.2, 0) is 6.42 Å². The number of halogens is 2. The Bertz CT molecular complexity index is 411. The number of nitrogens with two attached hydrogens (primary N) is 1. The molecule has 0 bridgehead atoms. The fraction of sp³-hybridized carbons (Fsp3) is 0.571. The summed E-state index contributed by atoms with van der Waals surface area (Å²) >= 11 is 3.38. The van der Waals surface area contributed by atoms with Gasteiger partial charge in [-0.2, -0.15) is 0 Å². The van der Waals surface area contributed by atoms with Gasteiger partial charge in [0.2, 0.25) is 0 Å². The molecule has 1 aliphatic rings. The largest absolute Gasteiger partial charge is 0.271 e. The number of benzene rings is 1. The van der Waals surface area contributed by atoms with E-state index in [-0.39, 0.29) is 11.9 Å². The monoisotopic (exact) mass is 314 g/mol. The Morgan fingerprint density at radius 1 is 1.50 bits per heavy atom. The van der Waals surface area contributed by atoms with Crippen LogP contribution >= 0.6 is 15.9 Å². The van der Waals surface area contributed by atoms with Crippen molar-refractivity contribution < 1.29 is 4.39 Å². The summed E-state index contributed by atoms with van der Waals surface area (Å²) in [7, 11) is 0. The van der Waals surface area contributed by atoms with Crippen molar-refractivity contribution in [2.75, 3.05) is 0 Å². The predicted octanol–water partition coefficient (Wildman–Crippen LogP) is 3.40. The van der Waals surface area contributed by atoms with Gasteiger partial charge in [0.05, 0.1) is 0 Å². The highest BCUT2D eigenvalue weighted by Gasteiger charge is 2.28. The molecule has 3 atom stereocenters. The molecule has 0 saturated heterocycles. The minimum Gasteiger partial charge on any atom is -0.271 e. The van der Waals surface area contributed by atoms with Crippen molar-refractivity contribution in [2.24, 2.45) is 17.7 Å². The number of hydrogen-bond donors (Lipinski definition) is 2. The first-order chi connectivity index (χ1) is 8.60. The molecule has 4 heteroatoms. The third-order valence-electron chi connectivity index (χ3n) is 3.97. The number of hydrazine groups is 1. The summed E-state index contributed by atoms with van der Waals surface area (Å²) in [5, 5.41) is 0. The maximum Gasteiger partial charge on any atom is 0.126 e. The molecule has 0 aromatic heterocycles. The lowest BCUT2D eigenvalue weighted by Gasteiger charge is -2.23. The highest BCUT2D eigenvalue weighted by Crippen LogP contribution is 2.33. The van der Waals surface area contributed by atoms with Crippen LogP contribution in [-0.4, -0.2) is 6.04 Å². The molecule has 100 valence electrons. The lowest BCUT2D eigenvalue weighted by atomic mass is 9.92. The van der Waals surface area contributed by atoms with Crippen molar-refractivity contribution in [1.82, 2.24) is 5.43 Å². The van der Waals surface area contributed by atoms with E-state index in [0.29, 0.717) is 12.3 Å². The van der Waals surface area contributed by atoms with E-state index in [2.05, 4.69) is 28.3 Å². The van der Waals surface area contributed by atoms with Crippen LogP contribution in [0.2, 0.25) is 0 Å². The lowest BCUT2D eigenvalue weighted by Crippen LogP contribution is -2.42. The first-order valence-electron chi connectivity index (χ1n) is 6.50. The van der Waals surface area contributed by atoms with Crippen molar-refractivity contribution in [3.8, 4) is 0 Å². The van der Waals surface area contributed by atoms with Gasteiger partial charge < -0.3 is 0 Å². The van der Waals surface area contributed by atoms with E-state index in [9.17, 15) is 4.39 Å². The fourth-order valence-corrected chi connectivity index (χ4v) is 3.32. The summed E-state index contributed by atoms with van der Waals surface area (Å²) < 4.78 is 14.7. The highest BCUT2D eigenvalue weighted by atomic mass is 79.9. The Balaban J connectivity index is 2.08. The zero-order chi connectivity index (χ0) is 13.1. The Morgan fingerprint density at radius 3 is 2.89 bits per heavy atom. The van der Waals surface area contributed by atoms with Crippen molar-refractivity contribution >= 4 is 15.9 Å². The third kappa shape index (κ3) is 3.31. The number of nitrogens with one attached hydrogen (secondary N) is 1. The van der Waals surface area contributed by atoms with Crippen LogP contribution in [0.1, 0.15) is 31.7 Å². The molecule has 1 aliphatic carbocycles. The summed E-state index contributed by atoms with van der Waals surface area (Å²) in [6.07, 6.45) is 4.28. The smallest absolute Gasteiger partial charge is 0.126 e. The molecule has 0 radical (unpaired) electrons. The first-order valence-corrected chi connectivity index (χ1v) is 7.29. The van der Waals surface area contributed by atoms with Crippen molar-refractivity contribution in [3.63, 3.8) is 0 Å². The SMILES string of the molecule is CC1CCC(C(Cc2cc(Br)ccc2F)NN)C1. The molecule has 2 rings (SSSR count). The molecular formula is C14H20BrFN2. The maximum absolute atomic E-state index is 13.7. The quantitative estimate of drug-likeness (QED) is 0.660. The van der Waals surface area contributed by atoms with E-state index >= 15 is 0 Å². The van der Waals surface area contributed by atoms with E-state index in [1.807, 2.05) is 6.07 Å². The lowest BCUT2D eigenvalue weighted by molar-refractivity contribution is 0.349. The number of hydrogen-bond acceptors (Lipinski definition) is 2. The Hall–Kier alpha value is -0.450. The van der Waals surface area contributed by atoms with Gasteiger partial charge in [0.25, 0.3) is 0 Å². The second-order valence-electron chi connectivity index (χ2n) is 5.39. The topological polar surface area (TPSA) is 38.0 Å². The summed E-state index contributed by atoms with van der Waals surface area (Å²) in [6.45, 7) is 2.27. The van der Waals surface area contributed by atoms with Crippen LogP contribution in [0.15, 0.2) is 22.7 Å². The first kappa shape index (κ1) is 14.0. The zero-order valence-corrected chi connectivity index (χ0v) is 12.2. The zero-order valence-electron chi connectivity index (χ0n) is 10.6. The molecule has 1 aromatic rings. The molecule has 0 aliphatic heterocycles. The highest BCUT2D eigenvalue weighted by molar-refractivity contribution is 9.10. The van der Waals surface area contributed by atoms with Gasteiger partial charge >= 0.3 is 0 Å². The molecule has 1 fully saturated rings. The van der Waals surface area contributed by atoms with Gasteiger partial charge in [0.1, 0.15) is 5.82 Å². The molecular weight excluding hydrogens is 295 g/mol. The minimum atomic E-state index is -0.149. The summed E-state index contributed by atoms with van der Waals surface area (Å²) in [5.74, 6) is 6.82. The van der Waals surface area contributed by atoms with Gasteiger partial charge in [-0.1, -0.05) is 29.3 Å². The molecule has 3 unspecified atom stereocenters. The molecule has 0 amide bonds. The Labute approximate surface area is 116 Å². The summed E-state index contributed by atoms with van der Waals surface area (Å²) in [6, 6.07) is 5.24. The molecule has 0 heterocycles. The van der Waals surface area contributed by atoms with E-state index < -0.39 is 0 Å². The molecule has 3 N–H and O–H groups in total. The van der Waals surface area contributed by atoms with Gasteiger partial charge in [0, 0.05) is 10.5 Å². The Kier molecular flexibility index (Phi) is 4.76. The summed E-state index contributed by atoms with van der Waals surface area (Å²) in [4.78, 5) is 0. The van der Waals surface area contributed by atoms with Gasteiger partial charge in [-0.15, -0.1) is 0 Å². The average molecular weight is 315 g/mol. The van der Waals surface area contributed by atoms with Crippen LogP contribution in [0.4, 0.5) is 4.39 Å². The van der Waals surface area contributed by atoms with E-state index in [4.69, 9.17) is 5.84 Å². The van der Waals surface area contributed by atoms with E-state index in [0.717, 1.165) is 16.0 Å². The van der Waals surface area contributed by atoms with Gasteiger partial charge in [-0.3, -0.25) is 11.3 Å². The van der Waals surface area contributed by atoms with Crippen molar-refractivity contribution in [1.29, 1.82) is 0 Å². The number of rotatable bonds is 4.